The molecule has 2 aromatic rings. The molecule has 0 unspecified atom stereocenters. The fraction of sp³-hybridized carbons (Fsp3) is 0.417. The molecule has 2 amide bonds. The summed E-state index contributed by atoms with van der Waals surface area (Å²) >= 11 is 0. The number of nitrogens with one attached hydrogen (secondary N) is 1. The molecule has 1 fully saturated rings. The number of benzene rings is 2. The highest BCUT2D eigenvalue weighted by Crippen LogP contribution is 2.33. The smallest absolute Gasteiger partial charge is 0.268 e. The Morgan fingerprint density at radius 2 is 1.77 bits per heavy atom. The van der Waals surface area contributed by atoms with Gasteiger partial charge in [0.15, 0.2) is 6.10 Å². The summed E-state index contributed by atoms with van der Waals surface area (Å²) in [5.41, 5.74) is 2.51. The normalized spacial score (nSPS) is 19.2. The van der Waals surface area contributed by atoms with Crippen LogP contribution in [0.15, 0.2) is 48.5 Å². The molecule has 31 heavy (non-hydrogen) atoms. The van der Waals surface area contributed by atoms with Crippen molar-refractivity contribution in [2.75, 3.05) is 48.8 Å². The van der Waals surface area contributed by atoms with E-state index in [1.54, 1.807) is 13.0 Å². The Labute approximate surface area is 183 Å². The lowest BCUT2D eigenvalue weighted by Gasteiger charge is -2.36. The maximum atomic E-state index is 12.7. The van der Waals surface area contributed by atoms with Gasteiger partial charge in [-0.3, -0.25) is 14.5 Å². The second kappa shape index (κ2) is 8.98. The Hall–Kier alpha value is -3.06. The van der Waals surface area contributed by atoms with Crippen LogP contribution in [0.5, 0.6) is 5.75 Å². The summed E-state index contributed by atoms with van der Waals surface area (Å²) in [5.74, 6) is 0.159. The number of hydrogen-bond donors (Lipinski definition) is 1. The van der Waals surface area contributed by atoms with E-state index in [2.05, 4.69) is 29.2 Å². The number of ether oxygens (including phenoxy) is 1. The first-order valence-electron chi connectivity index (χ1n) is 10.8. The fourth-order valence-electron chi connectivity index (χ4n) is 4.26. The van der Waals surface area contributed by atoms with Gasteiger partial charge in [0.25, 0.3) is 5.91 Å². The van der Waals surface area contributed by atoms with Gasteiger partial charge in [0.05, 0.1) is 5.69 Å². The van der Waals surface area contributed by atoms with Crippen molar-refractivity contribution in [3.05, 3.63) is 48.5 Å². The third-order valence-electron chi connectivity index (χ3n) is 6.09. The molecule has 0 bridgehead atoms. The largest absolute Gasteiger partial charge is 0.479 e. The molecule has 7 nitrogen and oxygen atoms in total. The van der Waals surface area contributed by atoms with Gasteiger partial charge in [-0.05, 0) is 70.3 Å². The van der Waals surface area contributed by atoms with Crippen molar-refractivity contribution in [1.82, 2.24) is 4.90 Å². The van der Waals surface area contributed by atoms with Gasteiger partial charge in [-0.1, -0.05) is 12.1 Å². The van der Waals surface area contributed by atoms with E-state index in [0.717, 1.165) is 31.6 Å². The summed E-state index contributed by atoms with van der Waals surface area (Å²) in [6.07, 6.45) is 1.69. The number of para-hydroxylation sites is 2. The lowest BCUT2D eigenvalue weighted by molar-refractivity contribution is -0.127. The molecule has 1 saturated heterocycles. The molecule has 0 aromatic heterocycles. The molecule has 2 aliphatic rings. The van der Waals surface area contributed by atoms with Gasteiger partial charge < -0.3 is 19.9 Å². The SMILES string of the molecule is C[C@@H]1Oc2ccccc2N(CC(=O)Nc2ccc(N3CCC(N(C)C)CC3)cc2)C1=O. The molecule has 4 rings (SSSR count). The Morgan fingerprint density at radius 3 is 2.45 bits per heavy atom. The van der Waals surface area contributed by atoms with Gasteiger partial charge in [-0.15, -0.1) is 0 Å². The minimum absolute atomic E-state index is 0.0522. The average molecular weight is 423 g/mol. The van der Waals surface area contributed by atoms with Crippen LogP contribution in [0.2, 0.25) is 0 Å². The van der Waals surface area contributed by atoms with Crippen molar-refractivity contribution in [2.45, 2.75) is 31.9 Å². The van der Waals surface area contributed by atoms with Crippen LogP contribution in [0, 0.1) is 0 Å². The van der Waals surface area contributed by atoms with Crippen molar-refractivity contribution < 1.29 is 14.3 Å². The molecule has 0 radical (unpaired) electrons. The zero-order valence-corrected chi connectivity index (χ0v) is 18.4. The number of carbonyl (C=O) groups excluding carboxylic acids is 2. The van der Waals surface area contributed by atoms with Crippen molar-refractivity contribution in [1.29, 1.82) is 0 Å². The summed E-state index contributed by atoms with van der Waals surface area (Å²) in [4.78, 5) is 31.4. The first kappa shape index (κ1) is 21.2. The highest BCUT2D eigenvalue weighted by Gasteiger charge is 2.32. The molecular formula is C24H30N4O3. The molecule has 0 saturated carbocycles. The van der Waals surface area contributed by atoms with Gasteiger partial charge in [0, 0.05) is 30.5 Å². The van der Waals surface area contributed by atoms with Crippen LogP contribution < -0.4 is 19.9 Å². The monoisotopic (exact) mass is 422 g/mol. The molecule has 2 aromatic carbocycles. The number of hydrogen-bond acceptors (Lipinski definition) is 5. The summed E-state index contributed by atoms with van der Waals surface area (Å²) in [6.45, 7) is 3.71. The minimum Gasteiger partial charge on any atom is -0.479 e. The van der Waals surface area contributed by atoms with E-state index in [1.807, 2.05) is 42.5 Å². The van der Waals surface area contributed by atoms with E-state index in [9.17, 15) is 9.59 Å². The highest BCUT2D eigenvalue weighted by molar-refractivity contribution is 6.06. The number of anilines is 3. The third kappa shape index (κ3) is 4.66. The van der Waals surface area contributed by atoms with Gasteiger partial charge in [0.1, 0.15) is 12.3 Å². The van der Waals surface area contributed by atoms with E-state index in [1.165, 1.54) is 10.6 Å². The van der Waals surface area contributed by atoms with E-state index < -0.39 is 6.10 Å². The number of piperidine rings is 1. The minimum atomic E-state index is -0.612. The molecule has 0 spiro atoms. The molecule has 0 aliphatic carbocycles. The summed E-state index contributed by atoms with van der Waals surface area (Å²) in [6, 6.07) is 15.9. The fourth-order valence-corrected chi connectivity index (χ4v) is 4.26. The van der Waals surface area contributed by atoms with Crippen molar-refractivity contribution in [3.8, 4) is 5.75 Å². The third-order valence-corrected chi connectivity index (χ3v) is 6.09. The quantitative estimate of drug-likeness (QED) is 0.803. The molecule has 1 atom stereocenters. The van der Waals surface area contributed by atoms with E-state index >= 15 is 0 Å². The van der Waals surface area contributed by atoms with Gasteiger partial charge in [0.2, 0.25) is 5.91 Å². The molecule has 2 heterocycles. The number of carbonyl (C=O) groups is 2. The second-order valence-corrected chi connectivity index (χ2v) is 8.43. The summed E-state index contributed by atoms with van der Waals surface area (Å²) in [7, 11) is 4.28. The lowest BCUT2D eigenvalue weighted by Crippen LogP contribution is -2.47. The standard InChI is InChI=1S/C24H30N4O3/c1-17-24(30)28(21-6-4-5-7-22(21)31-17)16-23(29)25-18-8-10-20(11-9-18)27-14-12-19(13-15-27)26(2)3/h4-11,17,19H,12-16H2,1-3H3,(H,25,29)/t17-/m0/s1. The van der Waals surface area contributed by atoms with Crippen molar-refractivity contribution >= 4 is 28.9 Å². The zero-order chi connectivity index (χ0) is 22.0. The van der Waals surface area contributed by atoms with Crippen LogP contribution in [0.1, 0.15) is 19.8 Å². The van der Waals surface area contributed by atoms with E-state index in [-0.39, 0.29) is 18.4 Å². The maximum Gasteiger partial charge on any atom is 0.268 e. The molecular weight excluding hydrogens is 392 g/mol. The Balaban J connectivity index is 1.37. The highest BCUT2D eigenvalue weighted by atomic mass is 16.5. The zero-order valence-electron chi connectivity index (χ0n) is 18.4. The van der Waals surface area contributed by atoms with Crippen LogP contribution in [0.25, 0.3) is 0 Å². The predicted molar refractivity (Wildman–Crippen MR) is 123 cm³/mol. The molecule has 7 heteroatoms. The number of nitrogens with zero attached hydrogens (tertiary/aromatic N) is 3. The van der Waals surface area contributed by atoms with Crippen LogP contribution in [0.4, 0.5) is 17.1 Å². The summed E-state index contributed by atoms with van der Waals surface area (Å²) < 4.78 is 5.63. The van der Waals surface area contributed by atoms with Crippen LogP contribution in [-0.4, -0.2) is 62.6 Å². The first-order valence-corrected chi connectivity index (χ1v) is 10.8. The van der Waals surface area contributed by atoms with E-state index in [4.69, 9.17) is 4.74 Å². The molecule has 1 N–H and O–H groups in total. The van der Waals surface area contributed by atoms with Crippen molar-refractivity contribution in [3.63, 3.8) is 0 Å². The van der Waals surface area contributed by atoms with Crippen LogP contribution in [0.3, 0.4) is 0 Å². The van der Waals surface area contributed by atoms with Crippen LogP contribution in [-0.2, 0) is 9.59 Å². The Morgan fingerprint density at radius 1 is 1.10 bits per heavy atom. The number of rotatable bonds is 5. The first-order chi connectivity index (χ1) is 14.9. The Kier molecular flexibility index (Phi) is 6.13. The van der Waals surface area contributed by atoms with E-state index in [0.29, 0.717) is 17.5 Å². The number of amides is 2. The van der Waals surface area contributed by atoms with Gasteiger partial charge >= 0.3 is 0 Å². The number of fused-ring (bicyclic) bond motifs is 1. The van der Waals surface area contributed by atoms with Crippen LogP contribution >= 0.6 is 0 Å². The average Bonchev–Trinajstić information content (AvgIpc) is 2.77. The van der Waals surface area contributed by atoms with Gasteiger partial charge in [-0.25, -0.2) is 0 Å². The molecule has 164 valence electrons. The predicted octanol–water partition coefficient (Wildman–Crippen LogP) is 2.97. The molecule has 2 aliphatic heterocycles. The second-order valence-electron chi connectivity index (χ2n) is 8.43. The topological polar surface area (TPSA) is 65.1 Å². The maximum absolute atomic E-state index is 12.7. The van der Waals surface area contributed by atoms with Gasteiger partial charge in [-0.2, -0.15) is 0 Å². The lowest BCUT2D eigenvalue weighted by atomic mass is 10.0. The van der Waals surface area contributed by atoms with Crippen molar-refractivity contribution in [2.24, 2.45) is 0 Å². The Bertz CT molecular complexity index is 936. The summed E-state index contributed by atoms with van der Waals surface area (Å²) in [5, 5.41) is 2.91.